The molecule has 0 aliphatic heterocycles. The lowest BCUT2D eigenvalue weighted by Crippen LogP contribution is -2.22. The van der Waals surface area contributed by atoms with Gasteiger partial charge in [-0.2, -0.15) is 0 Å². The van der Waals surface area contributed by atoms with Gasteiger partial charge >= 0.3 is 0 Å². The van der Waals surface area contributed by atoms with Crippen LogP contribution in [0.4, 0.5) is 0 Å². The van der Waals surface area contributed by atoms with Gasteiger partial charge in [0.25, 0.3) is 0 Å². The van der Waals surface area contributed by atoms with Crippen LogP contribution < -0.4 is 0 Å². The van der Waals surface area contributed by atoms with Gasteiger partial charge in [-0.25, -0.2) is 0 Å². The fourth-order valence-corrected chi connectivity index (χ4v) is 0.713. The van der Waals surface area contributed by atoms with Crippen molar-refractivity contribution in [1.82, 2.24) is 0 Å². The maximum atomic E-state index is 5.48. The van der Waals surface area contributed by atoms with E-state index in [4.69, 9.17) is 16.3 Å². The molecule has 0 aromatic rings. The number of allylic oxidation sites excluding steroid dienone is 1. The molecule has 0 spiro atoms. The summed E-state index contributed by atoms with van der Waals surface area (Å²) in [7, 11) is 1.71. The second-order valence-electron chi connectivity index (χ2n) is 2.43. The van der Waals surface area contributed by atoms with Crippen molar-refractivity contribution < 1.29 is 4.74 Å². The van der Waals surface area contributed by atoms with Crippen molar-refractivity contribution in [3.05, 3.63) is 12.2 Å². The van der Waals surface area contributed by atoms with E-state index in [2.05, 4.69) is 6.92 Å². The largest absolute Gasteiger partial charge is 0.374 e. The molecule has 0 amide bonds. The Morgan fingerprint density at radius 3 is 2.50 bits per heavy atom. The van der Waals surface area contributed by atoms with Gasteiger partial charge < -0.3 is 4.74 Å². The van der Waals surface area contributed by atoms with E-state index in [0.717, 1.165) is 6.42 Å². The van der Waals surface area contributed by atoms with Gasteiger partial charge in [-0.05, 0) is 13.3 Å². The molecule has 0 fully saturated rings. The number of halogens is 1. The quantitative estimate of drug-likeness (QED) is 0.456. The van der Waals surface area contributed by atoms with Crippen LogP contribution in [0.5, 0.6) is 0 Å². The van der Waals surface area contributed by atoms with Crippen molar-refractivity contribution in [1.29, 1.82) is 0 Å². The SMILES string of the molecule is CCC(C)(/C=C/CCl)OC. The highest BCUT2D eigenvalue weighted by atomic mass is 35.5. The number of hydrogen-bond acceptors (Lipinski definition) is 1. The molecular weight excluding hydrogens is 148 g/mol. The van der Waals surface area contributed by atoms with E-state index < -0.39 is 0 Å². The molecule has 0 radical (unpaired) electrons. The van der Waals surface area contributed by atoms with Gasteiger partial charge in [-0.1, -0.05) is 19.1 Å². The van der Waals surface area contributed by atoms with Gasteiger partial charge in [0.15, 0.2) is 0 Å². The molecule has 0 rings (SSSR count). The summed E-state index contributed by atoms with van der Waals surface area (Å²) in [6.45, 7) is 4.12. The minimum absolute atomic E-state index is 0.130. The Kier molecular flexibility index (Phi) is 4.75. The van der Waals surface area contributed by atoms with Crippen LogP contribution in [0.3, 0.4) is 0 Å². The van der Waals surface area contributed by atoms with Crippen LogP contribution in [0.2, 0.25) is 0 Å². The van der Waals surface area contributed by atoms with E-state index in [-0.39, 0.29) is 5.60 Å². The summed E-state index contributed by atoms with van der Waals surface area (Å²) in [6.07, 6.45) is 4.88. The average Bonchev–Trinajstić information content (AvgIpc) is 2.00. The molecule has 1 unspecified atom stereocenters. The molecule has 0 heterocycles. The summed E-state index contributed by atoms with van der Waals surface area (Å²) in [5.41, 5.74) is -0.130. The highest BCUT2D eigenvalue weighted by Crippen LogP contribution is 2.15. The molecule has 0 bridgehead atoms. The third kappa shape index (κ3) is 3.23. The first-order valence-electron chi connectivity index (χ1n) is 3.47. The minimum Gasteiger partial charge on any atom is -0.374 e. The maximum absolute atomic E-state index is 5.48. The zero-order valence-corrected chi connectivity index (χ0v) is 7.61. The van der Waals surface area contributed by atoms with Crippen LogP contribution in [-0.2, 0) is 4.74 Å². The molecule has 1 atom stereocenters. The summed E-state index contributed by atoms with van der Waals surface area (Å²) < 4.78 is 5.24. The first-order valence-corrected chi connectivity index (χ1v) is 4.01. The average molecular weight is 163 g/mol. The zero-order chi connectivity index (χ0) is 8.04. The van der Waals surface area contributed by atoms with E-state index in [9.17, 15) is 0 Å². The van der Waals surface area contributed by atoms with E-state index >= 15 is 0 Å². The molecule has 0 aromatic heterocycles. The van der Waals surface area contributed by atoms with E-state index in [1.807, 2.05) is 19.1 Å². The molecule has 0 saturated heterocycles. The van der Waals surface area contributed by atoms with E-state index in [1.54, 1.807) is 7.11 Å². The van der Waals surface area contributed by atoms with Crippen LogP contribution in [0.1, 0.15) is 20.3 Å². The van der Waals surface area contributed by atoms with Crippen LogP contribution in [-0.4, -0.2) is 18.6 Å². The van der Waals surface area contributed by atoms with Crippen molar-refractivity contribution in [2.75, 3.05) is 13.0 Å². The second kappa shape index (κ2) is 4.75. The van der Waals surface area contributed by atoms with Crippen LogP contribution in [0.25, 0.3) is 0 Å². The lowest BCUT2D eigenvalue weighted by molar-refractivity contribution is 0.0455. The molecule has 0 aromatic carbocycles. The second-order valence-corrected chi connectivity index (χ2v) is 2.74. The number of ether oxygens (including phenoxy) is 1. The molecule has 0 aliphatic rings. The van der Waals surface area contributed by atoms with Gasteiger partial charge in [0.05, 0.1) is 5.60 Å². The van der Waals surface area contributed by atoms with Crippen LogP contribution in [0.15, 0.2) is 12.2 Å². The maximum Gasteiger partial charge on any atom is 0.0828 e. The Morgan fingerprint density at radius 2 is 2.20 bits per heavy atom. The van der Waals surface area contributed by atoms with Crippen LogP contribution in [0, 0.1) is 0 Å². The molecule has 0 aliphatic carbocycles. The molecule has 10 heavy (non-hydrogen) atoms. The van der Waals surface area contributed by atoms with Gasteiger partial charge in [-0.3, -0.25) is 0 Å². The highest BCUT2D eigenvalue weighted by molar-refractivity contribution is 6.18. The lowest BCUT2D eigenvalue weighted by Gasteiger charge is -2.21. The zero-order valence-electron chi connectivity index (χ0n) is 6.86. The summed E-state index contributed by atoms with van der Waals surface area (Å²) in [5, 5.41) is 0. The van der Waals surface area contributed by atoms with E-state index in [1.165, 1.54) is 0 Å². The van der Waals surface area contributed by atoms with E-state index in [0.29, 0.717) is 5.88 Å². The summed E-state index contributed by atoms with van der Waals surface area (Å²) in [6, 6.07) is 0. The van der Waals surface area contributed by atoms with Gasteiger partial charge in [0, 0.05) is 13.0 Å². The summed E-state index contributed by atoms with van der Waals surface area (Å²) in [5.74, 6) is 0.555. The predicted octanol–water partition coefficient (Wildman–Crippen LogP) is 2.60. The molecular formula is C8H15ClO. The Morgan fingerprint density at radius 1 is 1.60 bits per heavy atom. The van der Waals surface area contributed by atoms with Crippen molar-refractivity contribution in [3.63, 3.8) is 0 Å². The molecule has 1 nitrogen and oxygen atoms in total. The van der Waals surface area contributed by atoms with Crippen molar-refractivity contribution in [2.24, 2.45) is 0 Å². The summed E-state index contributed by atoms with van der Waals surface area (Å²) >= 11 is 5.48. The van der Waals surface area contributed by atoms with Gasteiger partial charge in [-0.15, -0.1) is 11.6 Å². The Balaban J connectivity index is 3.92. The van der Waals surface area contributed by atoms with Crippen LogP contribution >= 0.6 is 11.6 Å². The van der Waals surface area contributed by atoms with Gasteiger partial charge in [0.1, 0.15) is 0 Å². The number of alkyl halides is 1. The molecule has 0 saturated carbocycles. The standard InChI is InChI=1S/C8H15ClO/c1-4-8(2,10-3)6-5-7-9/h5-6H,4,7H2,1-3H3/b6-5+. The number of rotatable bonds is 4. The molecule has 0 N–H and O–H groups in total. The third-order valence-electron chi connectivity index (χ3n) is 1.73. The fourth-order valence-electron chi connectivity index (χ4n) is 0.624. The Labute approximate surface area is 68.0 Å². The van der Waals surface area contributed by atoms with Gasteiger partial charge in [0.2, 0.25) is 0 Å². The first-order chi connectivity index (χ1) is 4.68. The minimum atomic E-state index is -0.130. The Hall–Kier alpha value is -0.0100. The predicted molar refractivity (Wildman–Crippen MR) is 45.6 cm³/mol. The highest BCUT2D eigenvalue weighted by Gasteiger charge is 2.15. The lowest BCUT2D eigenvalue weighted by atomic mass is 10.0. The molecule has 60 valence electrons. The number of methoxy groups -OCH3 is 1. The smallest absolute Gasteiger partial charge is 0.0828 e. The Bertz CT molecular complexity index is 106. The summed E-state index contributed by atoms with van der Waals surface area (Å²) in [4.78, 5) is 0. The topological polar surface area (TPSA) is 9.23 Å². The van der Waals surface area contributed by atoms with Crippen molar-refractivity contribution in [3.8, 4) is 0 Å². The monoisotopic (exact) mass is 162 g/mol. The van der Waals surface area contributed by atoms with Crippen molar-refractivity contribution in [2.45, 2.75) is 25.9 Å². The third-order valence-corrected chi connectivity index (χ3v) is 1.91. The van der Waals surface area contributed by atoms with Crippen molar-refractivity contribution >= 4 is 11.6 Å². The fraction of sp³-hybridized carbons (Fsp3) is 0.750. The first kappa shape index (κ1) is 9.99. The molecule has 2 heteroatoms. The normalized spacial score (nSPS) is 17.6. The number of hydrogen-bond donors (Lipinski definition) is 0.